The Morgan fingerprint density at radius 3 is 2.94 bits per heavy atom. The van der Waals surface area contributed by atoms with Crippen LogP contribution in [0.4, 0.5) is 0 Å². The minimum absolute atomic E-state index is 0.495. The molecule has 1 aromatic carbocycles. The maximum atomic E-state index is 5.57. The highest BCUT2D eigenvalue weighted by atomic mass is 32.1. The highest BCUT2D eigenvalue weighted by molar-refractivity contribution is 7.21. The van der Waals surface area contributed by atoms with E-state index in [-0.39, 0.29) is 0 Å². The van der Waals surface area contributed by atoms with Crippen molar-refractivity contribution >= 4 is 32.9 Å². The first kappa shape index (κ1) is 10.8. The summed E-state index contributed by atoms with van der Waals surface area (Å²) >= 11 is 3.26. The third-order valence-electron chi connectivity index (χ3n) is 2.49. The van der Waals surface area contributed by atoms with Gasteiger partial charge in [0.25, 0.3) is 0 Å². The number of hydrogen-bond acceptors (Lipinski definition) is 5. The van der Waals surface area contributed by atoms with Crippen LogP contribution in [0.25, 0.3) is 20.9 Å². The molecule has 3 aromatic rings. The Kier molecular flexibility index (Phi) is 2.66. The summed E-state index contributed by atoms with van der Waals surface area (Å²) in [5, 5.41) is 3.95. The number of aryl methyl sites for hydroxylation is 1. The van der Waals surface area contributed by atoms with E-state index in [0.29, 0.717) is 6.54 Å². The monoisotopic (exact) mass is 261 g/mol. The largest absolute Gasteiger partial charge is 0.325 e. The maximum Gasteiger partial charge on any atom is 0.143 e. The van der Waals surface area contributed by atoms with Gasteiger partial charge in [0.2, 0.25) is 0 Å². The Morgan fingerprint density at radius 1 is 1.29 bits per heavy atom. The molecule has 0 amide bonds. The van der Waals surface area contributed by atoms with Crippen LogP contribution in [-0.2, 0) is 6.54 Å². The number of nitrogens with zero attached hydrogens (tertiary/aromatic N) is 2. The molecule has 2 N–H and O–H groups in total. The zero-order valence-corrected chi connectivity index (χ0v) is 10.9. The van der Waals surface area contributed by atoms with Crippen molar-refractivity contribution in [3.8, 4) is 10.7 Å². The average Bonchev–Trinajstić information content (AvgIpc) is 2.93. The number of rotatable bonds is 2. The van der Waals surface area contributed by atoms with Gasteiger partial charge in [-0.2, -0.15) is 0 Å². The zero-order chi connectivity index (χ0) is 11.8. The number of thiazole rings is 2. The lowest BCUT2D eigenvalue weighted by Crippen LogP contribution is -1.94. The molecule has 0 aliphatic carbocycles. The predicted octanol–water partition coefficient (Wildman–Crippen LogP) is 3.19. The van der Waals surface area contributed by atoms with Crippen molar-refractivity contribution in [2.45, 2.75) is 13.5 Å². The molecule has 3 nitrogen and oxygen atoms in total. The van der Waals surface area contributed by atoms with Crippen molar-refractivity contribution in [1.29, 1.82) is 0 Å². The molecule has 2 aromatic heterocycles. The van der Waals surface area contributed by atoms with Gasteiger partial charge in [-0.3, -0.25) is 0 Å². The SMILES string of the molecule is Cc1ccc2sc(-c3csc(CN)n3)nc2c1. The summed E-state index contributed by atoms with van der Waals surface area (Å²) in [4.78, 5) is 9.07. The van der Waals surface area contributed by atoms with E-state index in [0.717, 1.165) is 21.2 Å². The van der Waals surface area contributed by atoms with Crippen LogP contribution in [0.1, 0.15) is 10.6 Å². The first-order valence-electron chi connectivity index (χ1n) is 5.28. The number of hydrogen-bond donors (Lipinski definition) is 1. The van der Waals surface area contributed by atoms with Crippen molar-refractivity contribution in [3.63, 3.8) is 0 Å². The Labute approximate surface area is 107 Å². The molecule has 0 atom stereocenters. The van der Waals surface area contributed by atoms with Crippen LogP contribution in [0.5, 0.6) is 0 Å². The highest BCUT2D eigenvalue weighted by Crippen LogP contribution is 2.31. The number of aromatic nitrogens is 2. The van der Waals surface area contributed by atoms with Crippen molar-refractivity contribution in [1.82, 2.24) is 9.97 Å². The van der Waals surface area contributed by atoms with Crippen molar-refractivity contribution < 1.29 is 0 Å². The molecule has 86 valence electrons. The number of nitrogens with two attached hydrogens (primary N) is 1. The topological polar surface area (TPSA) is 51.8 Å². The summed E-state index contributed by atoms with van der Waals surface area (Å²) in [6, 6.07) is 6.32. The van der Waals surface area contributed by atoms with Gasteiger partial charge in [-0.15, -0.1) is 22.7 Å². The van der Waals surface area contributed by atoms with E-state index in [4.69, 9.17) is 5.73 Å². The third kappa shape index (κ3) is 1.97. The molecule has 0 aliphatic rings. The van der Waals surface area contributed by atoms with Gasteiger partial charge in [0, 0.05) is 11.9 Å². The molecule has 0 saturated carbocycles. The fourth-order valence-corrected chi connectivity index (χ4v) is 3.29. The predicted molar refractivity (Wildman–Crippen MR) is 73.4 cm³/mol. The van der Waals surface area contributed by atoms with E-state index >= 15 is 0 Å². The van der Waals surface area contributed by atoms with E-state index in [9.17, 15) is 0 Å². The van der Waals surface area contributed by atoms with Crippen LogP contribution < -0.4 is 5.73 Å². The summed E-state index contributed by atoms with van der Waals surface area (Å²) in [7, 11) is 0. The Morgan fingerprint density at radius 2 is 2.18 bits per heavy atom. The summed E-state index contributed by atoms with van der Waals surface area (Å²) in [5.74, 6) is 0. The van der Waals surface area contributed by atoms with Crippen LogP contribution >= 0.6 is 22.7 Å². The Bertz CT molecular complexity index is 669. The minimum atomic E-state index is 0.495. The molecule has 0 aliphatic heterocycles. The molecule has 3 rings (SSSR count). The van der Waals surface area contributed by atoms with Gasteiger partial charge in [0.05, 0.1) is 10.2 Å². The fraction of sp³-hybridized carbons (Fsp3) is 0.167. The van der Waals surface area contributed by atoms with Gasteiger partial charge < -0.3 is 5.73 Å². The maximum absolute atomic E-state index is 5.57. The standard InChI is InChI=1S/C12H11N3S2/c1-7-2-3-10-8(4-7)15-12(17-10)9-6-16-11(5-13)14-9/h2-4,6H,5,13H2,1H3. The number of benzene rings is 1. The summed E-state index contributed by atoms with van der Waals surface area (Å²) in [5.41, 5.74) is 8.79. The van der Waals surface area contributed by atoms with Crippen molar-refractivity contribution in [3.05, 3.63) is 34.2 Å². The van der Waals surface area contributed by atoms with Gasteiger partial charge in [-0.05, 0) is 24.6 Å². The molecule has 0 spiro atoms. The summed E-state index contributed by atoms with van der Waals surface area (Å²) < 4.78 is 1.20. The molecule has 5 heteroatoms. The fourth-order valence-electron chi connectivity index (χ4n) is 1.65. The zero-order valence-electron chi connectivity index (χ0n) is 9.30. The van der Waals surface area contributed by atoms with Crippen molar-refractivity contribution in [2.24, 2.45) is 5.73 Å². The number of fused-ring (bicyclic) bond motifs is 1. The van der Waals surface area contributed by atoms with Crippen LogP contribution in [0, 0.1) is 6.92 Å². The normalized spacial score (nSPS) is 11.2. The third-order valence-corrected chi connectivity index (χ3v) is 4.42. The van der Waals surface area contributed by atoms with Gasteiger partial charge in [0.15, 0.2) is 0 Å². The molecule has 0 unspecified atom stereocenters. The lowest BCUT2D eigenvalue weighted by atomic mass is 10.2. The molecule has 0 radical (unpaired) electrons. The van der Waals surface area contributed by atoms with Crippen LogP contribution in [-0.4, -0.2) is 9.97 Å². The van der Waals surface area contributed by atoms with Crippen LogP contribution in [0.15, 0.2) is 23.6 Å². The van der Waals surface area contributed by atoms with Crippen molar-refractivity contribution in [2.75, 3.05) is 0 Å². The lowest BCUT2D eigenvalue weighted by molar-refractivity contribution is 1.04. The highest BCUT2D eigenvalue weighted by Gasteiger charge is 2.09. The smallest absolute Gasteiger partial charge is 0.143 e. The Balaban J connectivity index is 2.11. The molecular weight excluding hydrogens is 250 g/mol. The molecule has 17 heavy (non-hydrogen) atoms. The van der Waals surface area contributed by atoms with E-state index in [1.165, 1.54) is 10.3 Å². The molecule has 0 fully saturated rings. The summed E-state index contributed by atoms with van der Waals surface area (Å²) in [6.07, 6.45) is 0. The second-order valence-corrected chi connectivity index (χ2v) is 5.79. The molecular formula is C12H11N3S2. The second kappa shape index (κ2) is 4.18. The quantitative estimate of drug-likeness (QED) is 0.770. The lowest BCUT2D eigenvalue weighted by Gasteiger charge is -1.88. The second-order valence-electron chi connectivity index (χ2n) is 3.82. The summed E-state index contributed by atoms with van der Waals surface area (Å²) in [6.45, 7) is 2.57. The Hall–Kier alpha value is -1.30. The van der Waals surface area contributed by atoms with E-state index < -0.39 is 0 Å². The van der Waals surface area contributed by atoms with Gasteiger partial charge in [0.1, 0.15) is 15.7 Å². The van der Waals surface area contributed by atoms with E-state index in [2.05, 4.69) is 35.1 Å². The van der Waals surface area contributed by atoms with Gasteiger partial charge >= 0.3 is 0 Å². The van der Waals surface area contributed by atoms with E-state index in [1.54, 1.807) is 22.7 Å². The molecule has 0 saturated heterocycles. The average molecular weight is 261 g/mol. The van der Waals surface area contributed by atoms with Gasteiger partial charge in [-0.1, -0.05) is 6.07 Å². The molecule has 2 heterocycles. The first-order chi connectivity index (χ1) is 8.26. The van der Waals surface area contributed by atoms with E-state index in [1.807, 2.05) is 5.38 Å². The van der Waals surface area contributed by atoms with Crippen LogP contribution in [0.2, 0.25) is 0 Å². The van der Waals surface area contributed by atoms with Gasteiger partial charge in [-0.25, -0.2) is 9.97 Å². The van der Waals surface area contributed by atoms with Crippen LogP contribution in [0.3, 0.4) is 0 Å². The molecule has 0 bridgehead atoms. The minimum Gasteiger partial charge on any atom is -0.325 e. The first-order valence-corrected chi connectivity index (χ1v) is 6.98.